The lowest BCUT2D eigenvalue weighted by atomic mass is 9.89. The lowest BCUT2D eigenvalue weighted by molar-refractivity contribution is -0.704. The summed E-state index contributed by atoms with van der Waals surface area (Å²) in [6.07, 6.45) is 9.73. The molecule has 0 bridgehead atoms. The van der Waals surface area contributed by atoms with Crippen molar-refractivity contribution in [2.24, 2.45) is 0 Å². The smallest absolute Gasteiger partial charge is 0.127 e. The fourth-order valence-corrected chi connectivity index (χ4v) is 5.17. The molecule has 0 saturated heterocycles. The van der Waals surface area contributed by atoms with E-state index in [1.807, 2.05) is 0 Å². The van der Waals surface area contributed by atoms with Crippen LogP contribution in [0.25, 0.3) is 10.9 Å². The Morgan fingerprint density at radius 1 is 1.05 bits per heavy atom. The minimum Gasteiger partial charge on any atom is -0.337 e. The van der Waals surface area contributed by atoms with Crippen LogP contribution in [-0.4, -0.2) is 11.1 Å². The number of aryl methyl sites for hydroxylation is 1. The van der Waals surface area contributed by atoms with Gasteiger partial charge < -0.3 is 9.88 Å². The fourth-order valence-electron chi connectivity index (χ4n) is 5.17. The average Bonchev–Trinajstić information content (AvgIpc) is 3.16. The molecule has 2 N–H and O–H groups in total. The summed E-state index contributed by atoms with van der Waals surface area (Å²) in [6.45, 7) is 2.45. The molecule has 0 amide bonds. The van der Waals surface area contributed by atoms with Crippen molar-refractivity contribution in [2.75, 3.05) is 6.54 Å². The standard InChI is InChI=1S/C19H24N2/c1-2-5-13(4-1)14-8-9-18-16(12-14)15-6-3-7-17-19(15)21(18)11-10-20-17/h8-9,12-13,17,20H,1-7,10-11H2/p+1/t17-/m1/s1. The Morgan fingerprint density at radius 2 is 1.95 bits per heavy atom. The van der Waals surface area contributed by atoms with Gasteiger partial charge in [0.2, 0.25) is 0 Å². The highest BCUT2D eigenvalue weighted by Crippen LogP contribution is 2.40. The molecule has 1 saturated carbocycles. The summed E-state index contributed by atoms with van der Waals surface area (Å²) >= 11 is 0. The number of benzene rings is 1. The SMILES string of the molecule is c1cc2c(cc1C1CCCC1)c1c3n2CC[NH2+][C@@H]3CCC1. The van der Waals surface area contributed by atoms with Gasteiger partial charge in [-0.25, -0.2) is 0 Å². The van der Waals surface area contributed by atoms with Gasteiger partial charge in [-0.15, -0.1) is 0 Å². The van der Waals surface area contributed by atoms with Crippen LogP contribution >= 0.6 is 0 Å². The van der Waals surface area contributed by atoms with Crippen LogP contribution in [0.3, 0.4) is 0 Å². The molecule has 0 unspecified atom stereocenters. The first kappa shape index (κ1) is 12.3. The zero-order chi connectivity index (χ0) is 13.8. The number of fused-ring (bicyclic) bond motifs is 3. The first-order chi connectivity index (χ1) is 10.4. The van der Waals surface area contributed by atoms with Gasteiger partial charge in [0.15, 0.2) is 0 Å². The molecule has 1 aromatic heterocycles. The number of nitrogens with two attached hydrogens (primary N) is 1. The molecule has 1 aromatic carbocycles. The molecular weight excluding hydrogens is 256 g/mol. The molecule has 1 atom stereocenters. The second kappa shape index (κ2) is 4.61. The van der Waals surface area contributed by atoms with Crippen LogP contribution in [0.15, 0.2) is 18.2 Å². The molecule has 1 fully saturated rings. The van der Waals surface area contributed by atoms with Crippen molar-refractivity contribution in [3.8, 4) is 0 Å². The van der Waals surface area contributed by atoms with E-state index in [2.05, 4.69) is 28.1 Å². The second-order valence-corrected chi connectivity index (χ2v) is 7.30. The number of rotatable bonds is 1. The van der Waals surface area contributed by atoms with Crippen molar-refractivity contribution in [3.63, 3.8) is 0 Å². The summed E-state index contributed by atoms with van der Waals surface area (Å²) in [7, 11) is 0. The molecule has 2 aliphatic carbocycles. The van der Waals surface area contributed by atoms with Crippen LogP contribution in [0.4, 0.5) is 0 Å². The van der Waals surface area contributed by atoms with Crippen molar-refractivity contribution in [1.82, 2.24) is 4.57 Å². The van der Waals surface area contributed by atoms with E-state index in [4.69, 9.17) is 0 Å². The predicted octanol–water partition coefficient (Wildman–Crippen LogP) is 3.25. The maximum Gasteiger partial charge on any atom is 0.127 e. The molecule has 0 spiro atoms. The van der Waals surface area contributed by atoms with Crippen molar-refractivity contribution in [1.29, 1.82) is 0 Å². The monoisotopic (exact) mass is 281 g/mol. The predicted molar refractivity (Wildman–Crippen MR) is 85.6 cm³/mol. The molecule has 110 valence electrons. The Kier molecular flexibility index (Phi) is 2.69. The highest BCUT2D eigenvalue weighted by Gasteiger charge is 2.32. The van der Waals surface area contributed by atoms with E-state index in [1.165, 1.54) is 63.6 Å². The van der Waals surface area contributed by atoms with E-state index < -0.39 is 0 Å². The Bertz CT molecular complexity index is 689. The van der Waals surface area contributed by atoms with Crippen LogP contribution in [-0.2, 0) is 13.0 Å². The Morgan fingerprint density at radius 3 is 2.86 bits per heavy atom. The van der Waals surface area contributed by atoms with Crippen LogP contribution in [0.2, 0.25) is 0 Å². The molecule has 2 aromatic rings. The minimum atomic E-state index is 0.741. The number of hydrogen-bond donors (Lipinski definition) is 1. The summed E-state index contributed by atoms with van der Waals surface area (Å²) < 4.78 is 2.65. The third-order valence-corrected chi connectivity index (χ3v) is 6.16. The summed E-state index contributed by atoms with van der Waals surface area (Å²) in [5, 5.41) is 4.17. The van der Waals surface area contributed by atoms with Gasteiger partial charge >= 0.3 is 0 Å². The number of nitrogens with zero attached hydrogens (tertiary/aromatic N) is 1. The maximum absolute atomic E-state index is 2.65. The van der Waals surface area contributed by atoms with Gasteiger partial charge in [0.25, 0.3) is 0 Å². The molecule has 2 nitrogen and oxygen atoms in total. The third-order valence-electron chi connectivity index (χ3n) is 6.16. The van der Waals surface area contributed by atoms with Crippen molar-refractivity contribution in [3.05, 3.63) is 35.0 Å². The lowest BCUT2D eigenvalue weighted by Gasteiger charge is -2.27. The van der Waals surface area contributed by atoms with Crippen LogP contribution in [0.5, 0.6) is 0 Å². The molecule has 3 aliphatic rings. The normalized spacial score (nSPS) is 25.4. The van der Waals surface area contributed by atoms with Gasteiger partial charge in [0, 0.05) is 17.3 Å². The van der Waals surface area contributed by atoms with Crippen LogP contribution < -0.4 is 5.32 Å². The molecule has 1 aliphatic heterocycles. The number of hydrogen-bond acceptors (Lipinski definition) is 0. The van der Waals surface area contributed by atoms with Crippen LogP contribution in [0, 0.1) is 0 Å². The quantitative estimate of drug-likeness (QED) is 0.829. The summed E-state index contributed by atoms with van der Waals surface area (Å²) in [4.78, 5) is 0. The van der Waals surface area contributed by atoms with Gasteiger partial charge in [-0.1, -0.05) is 18.9 Å². The second-order valence-electron chi connectivity index (χ2n) is 7.30. The van der Waals surface area contributed by atoms with Crippen molar-refractivity contribution >= 4 is 10.9 Å². The first-order valence-electron chi connectivity index (χ1n) is 8.90. The summed E-state index contributed by atoms with van der Waals surface area (Å²) in [5.41, 5.74) is 6.50. The third kappa shape index (κ3) is 1.75. The molecule has 21 heavy (non-hydrogen) atoms. The van der Waals surface area contributed by atoms with Gasteiger partial charge in [-0.2, -0.15) is 0 Å². The molecule has 0 radical (unpaired) electrons. The van der Waals surface area contributed by atoms with Crippen LogP contribution in [0.1, 0.15) is 67.3 Å². The highest BCUT2D eigenvalue weighted by molar-refractivity contribution is 5.87. The Hall–Kier alpha value is -1.28. The van der Waals surface area contributed by atoms with E-state index in [0.29, 0.717) is 0 Å². The Labute approximate surface area is 126 Å². The topological polar surface area (TPSA) is 21.5 Å². The van der Waals surface area contributed by atoms with Gasteiger partial charge in [-0.3, -0.25) is 0 Å². The number of aromatic nitrogens is 1. The van der Waals surface area contributed by atoms with Gasteiger partial charge in [-0.05, 0) is 54.9 Å². The van der Waals surface area contributed by atoms with Crippen molar-refractivity contribution < 1.29 is 5.32 Å². The highest BCUT2D eigenvalue weighted by atomic mass is 15.1. The molecule has 5 rings (SSSR count). The van der Waals surface area contributed by atoms with E-state index in [9.17, 15) is 0 Å². The van der Waals surface area contributed by atoms with E-state index in [-0.39, 0.29) is 0 Å². The van der Waals surface area contributed by atoms with Crippen molar-refractivity contribution in [2.45, 2.75) is 63.5 Å². The largest absolute Gasteiger partial charge is 0.337 e. The zero-order valence-electron chi connectivity index (χ0n) is 12.8. The Balaban J connectivity index is 1.71. The van der Waals surface area contributed by atoms with E-state index in [1.54, 1.807) is 22.2 Å². The molecular formula is C19H25N2+. The van der Waals surface area contributed by atoms with E-state index >= 15 is 0 Å². The number of quaternary nitrogens is 1. The van der Waals surface area contributed by atoms with Gasteiger partial charge in [0.1, 0.15) is 6.04 Å². The zero-order valence-corrected chi connectivity index (χ0v) is 12.8. The van der Waals surface area contributed by atoms with E-state index in [0.717, 1.165) is 12.0 Å². The first-order valence-corrected chi connectivity index (χ1v) is 8.90. The fraction of sp³-hybridized carbons (Fsp3) is 0.579. The van der Waals surface area contributed by atoms with Gasteiger partial charge in [0.05, 0.1) is 18.8 Å². The minimum absolute atomic E-state index is 0.741. The molecule has 2 heteroatoms. The lowest BCUT2D eigenvalue weighted by Crippen LogP contribution is -2.88. The maximum atomic E-state index is 2.65. The molecule has 2 heterocycles. The summed E-state index contributed by atoms with van der Waals surface area (Å²) in [5.74, 6) is 0.837. The average molecular weight is 281 g/mol. The summed E-state index contributed by atoms with van der Waals surface area (Å²) in [6, 6.07) is 8.17.